The Hall–Kier alpha value is -1.06. The van der Waals surface area contributed by atoms with Crippen molar-refractivity contribution in [2.45, 2.75) is 24.5 Å². The summed E-state index contributed by atoms with van der Waals surface area (Å²) in [6.07, 6.45) is -13.0. The van der Waals surface area contributed by atoms with E-state index in [-0.39, 0.29) is 18.5 Å². The zero-order chi connectivity index (χ0) is 15.0. The number of hydrogen-bond acceptors (Lipinski definition) is 2. The van der Waals surface area contributed by atoms with Crippen molar-refractivity contribution in [1.29, 1.82) is 0 Å². The molecular formula is C10H9ClF7NO. The second-order valence-electron chi connectivity index (χ2n) is 3.75. The fourth-order valence-electron chi connectivity index (χ4n) is 1.35. The molecule has 0 fully saturated rings. The van der Waals surface area contributed by atoms with Crippen LogP contribution in [0.25, 0.3) is 0 Å². The maximum Gasteiger partial charge on any atom is 0.416 e. The maximum absolute atomic E-state index is 13.3. The van der Waals surface area contributed by atoms with E-state index in [2.05, 4.69) is 0 Å². The minimum atomic E-state index is -5.10. The lowest BCUT2D eigenvalue weighted by atomic mass is 9.99. The number of hydrogen-bond donors (Lipinski definition) is 2. The predicted molar refractivity (Wildman–Crippen MR) is 57.6 cm³/mol. The average Bonchev–Trinajstić information content (AvgIpc) is 2.24. The Morgan fingerprint density at radius 1 is 1.05 bits per heavy atom. The van der Waals surface area contributed by atoms with E-state index < -0.39 is 41.4 Å². The van der Waals surface area contributed by atoms with Crippen LogP contribution in [0.15, 0.2) is 18.2 Å². The van der Waals surface area contributed by atoms with Crippen molar-refractivity contribution < 1.29 is 35.8 Å². The Morgan fingerprint density at radius 2 is 1.55 bits per heavy atom. The summed E-state index contributed by atoms with van der Waals surface area (Å²) in [6, 6.07) is -1.32. The van der Waals surface area contributed by atoms with E-state index in [4.69, 9.17) is 10.8 Å². The van der Waals surface area contributed by atoms with Crippen molar-refractivity contribution in [3.8, 4) is 0 Å². The third kappa shape index (κ3) is 4.22. The van der Waals surface area contributed by atoms with E-state index in [0.717, 1.165) is 0 Å². The summed E-state index contributed by atoms with van der Waals surface area (Å²) in [5.74, 6) is -1.56. The van der Waals surface area contributed by atoms with E-state index in [1.54, 1.807) is 0 Å². The molecule has 3 N–H and O–H groups in total. The van der Waals surface area contributed by atoms with Crippen LogP contribution in [-0.2, 0) is 6.18 Å². The number of aliphatic hydroxyl groups is 1. The Morgan fingerprint density at radius 3 is 1.90 bits per heavy atom. The Labute approximate surface area is 114 Å². The zero-order valence-electron chi connectivity index (χ0n) is 9.47. The summed E-state index contributed by atoms with van der Waals surface area (Å²) in [4.78, 5) is 0. The van der Waals surface area contributed by atoms with Crippen LogP contribution in [0.3, 0.4) is 0 Å². The first-order chi connectivity index (χ1) is 8.44. The van der Waals surface area contributed by atoms with Crippen LogP contribution >= 0.6 is 12.4 Å². The molecule has 0 spiro atoms. The zero-order valence-corrected chi connectivity index (χ0v) is 10.3. The van der Waals surface area contributed by atoms with Crippen molar-refractivity contribution in [2.24, 2.45) is 5.73 Å². The number of halogens is 8. The van der Waals surface area contributed by atoms with E-state index in [1.165, 1.54) is 0 Å². The largest absolute Gasteiger partial charge is 0.416 e. The summed E-state index contributed by atoms with van der Waals surface area (Å²) < 4.78 is 86.4. The van der Waals surface area contributed by atoms with Gasteiger partial charge in [0, 0.05) is 5.56 Å². The van der Waals surface area contributed by atoms with Crippen molar-refractivity contribution in [3.63, 3.8) is 0 Å². The molecule has 0 radical (unpaired) electrons. The molecule has 0 saturated carbocycles. The topological polar surface area (TPSA) is 46.2 Å². The Bertz CT molecular complexity index is 460. The molecule has 0 unspecified atom stereocenters. The van der Waals surface area contributed by atoms with Gasteiger partial charge < -0.3 is 10.8 Å². The fraction of sp³-hybridized carbons (Fsp3) is 0.400. The summed E-state index contributed by atoms with van der Waals surface area (Å²) >= 11 is 0. The van der Waals surface area contributed by atoms with Gasteiger partial charge in [-0.15, -0.1) is 12.4 Å². The van der Waals surface area contributed by atoms with Gasteiger partial charge in [0.15, 0.2) is 6.10 Å². The second kappa shape index (κ2) is 6.15. The third-order valence-electron chi connectivity index (χ3n) is 2.36. The van der Waals surface area contributed by atoms with Gasteiger partial charge in [0.2, 0.25) is 0 Å². The fourth-order valence-corrected chi connectivity index (χ4v) is 1.35. The Balaban J connectivity index is 0.00000361. The molecule has 1 aromatic carbocycles. The third-order valence-corrected chi connectivity index (χ3v) is 2.36. The van der Waals surface area contributed by atoms with E-state index in [0.29, 0.717) is 12.1 Å². The van der Waals surface area contributed by atoms with Crippen LogP contribution in [0, 0.1) is 5.82 Å². The average molecular weight is 328 g/mol. The van der Waals surface area contributed by atoms with Crippen LogP contribution in [0.4, 0.5) is 30.7 Å². The van der Waals surface area contributed by atoms with Gasteiger partial charge in [-0.1, -0.05) is 6.07 Å². The quantitative estimate of drug-likeness (QED) is 0.820. The van der Waals surface area contributed by atoms with Gasteiger partial charge in [-0.3, -0.25) is 0 Å². The number of alkyl halides is 6. The number of nitrogens with two attached hydrogens (primary N) is 1. The highest BCUT2D eigenvalue weighted by molar-refractivity contribution is 5.85. The first kappa shape index (κ1) is 18.9. The van der Waals surface area contributed by atoms with E-state index in [1.807, 2.05) is 0 Å². The molecule has 1 rings (SSSR count). The highest BCUT2D eigenvalue weighted by Crippen LogP contribution is 2.33. The SMILES string of the molecule is Cl.N[C@@H](c1ccc(C(F)(F)F)cc1F)[C@H](O)C(F)(F)F. The molecule has 0 bridgehead atoms. The van der Waals surface area contributed by atoms with Crippen LogP contribution < -0.4 is 5.73 Å². The molecule has 116 valence electrons. The second-order valence-corrected chi connectivity index (χ2v) is 3.75. The monoisotopic (exact) mass is 327 g/mol. The maximum atomic E-state index is 13.3. The molecule has 1 aromatic rings. The lowest BCUT2D eigenvalue weighted by Gasteiger charge is -2.22. The smallest absolute Gasteiger partial charge is 0.382 e. The lowest BCUT2D eigenvalue weighted by molar-refractivity contribution is -0.210. The van der Waals surface area contributed by atoms with Gasteiger partial charge in [0.1, 0.15) is 5.82 Å². The Kier molecular flexibility index (Phi) is 5.82. The van der Waals surface area contributed by atoms with Gasteiger partial charge in [-0.05, 0) is 12.1 Å². The van der Waals surface area contributed by atoms with Crippen LogP contribution in [0.5, 0.6) is 0 Å². The highest BCUT2D eigenvalue weighted by atomic mass is 35.5. The number of aliphatic hydroxyl groups excluding tert-OH is 1. The normalized spacial score (nSPS) is 15.4. The number of benzene rings is 1. The van der Waals surface area contributed by atoms with Crippen molar-refractivity contribution in [3.05, 3.63) is 35.1 Å². The molecule has 20 heavy (non-hydrogen) atoms. The standard InChI is InChI=1S/C10H8F7NO.ClH/c11-6-3-4(9(12,13)14)1-2-5(6)7(18)8(19)10(15,16)17;/h1-3,7-8,19H,18H2;1H/t7-,8-;/m0./s1. The summed E-state index contributed by atoms with van der Waals surface area (Å²) in [5.41, 5.74) is 2.79. The van der Waals surface area contributed by atoms with Gasteiger partial charge >= 0.3 is 12.4 Å². The van der Waals surface area contributed by atoms with Gasteiger partial charge in [-0.2, -0.15) is 26.3 Å². The lowest BCUT2D eigenvalue weighted by Crippen LogP contribution is -2.39. The molecule has 0 aliphatic heterocycles. The molecule has 0 saturated heterocycles. The molecule has 10 heteroatoms. The molecule has 0 aromatic heterocycles. The molecule has 0 amide bonds. The van der Waals surface area contributed by atoms with Crippen molar-refractivity contribution >= 4 is 12.4 Å². The van der Waals surface area contributed by atoms with Crippen LogP contribution in [0.1, 0.15) is 17.2 Å². The summed E-state index contributed by atoms with van der Waals surface area (Å²) in [5, 5.41) is 8.82. The first-order valence-electron chi connectivity index (χ1n) is 4.81. The summed E-state index contributed by atoms with van der Waals surface area (Å²) in [7, 11) is 0. The molecule has 0 heterocycles. The minimum Gasteiger partial charge on any atom is -0.382 e. The van der Waals surface area contributed by atoms with Gasteiger partial charge in [0.25, 0.3) is 0 Å². The van der Waals surface area contributed by atoms with E-state index in [9.17, 15) is 30.7 Å². The molecule has 0 aliphatic rings. The van der Waals surface area contributed by atoms with Crippen molar-refractivity contribution in [2.75, 3.05) is 0 Å². The van der Waals surface area contributed by atoms with Crippen LogP contribution in [-0.4, -0.2) is 17.4 Å². The van der Waals surface area contributed by atoms with Crippen molar-refractivity contribution in [1.82, 2.24) is 0 Å². The van der Waals surface area contributed by atoms with E-state index >= 15 is 0 Å². The molecule has 2 atom stereocenters. The van der Waals surface area contributed by atoms with Crippen LogP contribution in [0.2, 0.25) is 0 Å². The summed E-state index contributed by atoms with van der Waals surface area (Å²) in [6.45, 7) is 0. The van der Waals surface area contributed by atoms with Gasteiger partial charge in [0.05, 0.1) is 11.6 Å². The van der Waals surface area contributed by atoms with Gasteiger partial charge in [-0.25, -0.2) is 4.39 Å². The highest BCUT2D eigenvalue weighted by Gasteiger charge is 2.43. The first-order valence-corrected chi connectivity index (χ1v) is 4.81. The molecule has 2 nitrogen and oxygen atoms in total. The minimum absolute atomic E-state index is 0. The predicted octanol–water partition coefficient (Wildman–Crippen LogP) is 3.19. The number of rotatable bonds is 2. The molecule has 0 aliphatic carbocycles. The molecular weight excluding hydrogens is 319 g/mol.